The number of rotatable bonds is 6. The Bertz CT molecular complexity index is 938. The van der Waals surface area contributed by atoms with E-state index < -0.39 is 10.0 Å². The molecule has 0 aliphatic carbocycles. The molecule has 0 amide bonds. The molecule has 0 unspecified atom stereocenters. The Hall–Kier alpha value is -2.48. The number of aromatic nitrogens is 4. The van der Waals surface area contributed by atoms with Gasteiger partial charge in [-0.2, -0.15) is 0 Å². The van der Waals surface area contributed by atoms with Gasteiger partial charge in [-0.15, -0.1) is 5.10 Å². The molecule has 0 saturated heterocycles. The number of benzene rings is 1. The maximum atomic E-state index is 13.3. The molecule has 7 nitrogen and oxygen atoms in total. The summed E-state index contributed by atoms with van der Waals surface area (Å²) in [6.07, 6.45) is 4.83. The second-order valence-electron chi connectivity index (χ2n) is 5.48. The normalized spacial score (nSPS) is 11.8. The molecular formula is C16H19N5O2S. The van der Waals surface area contributed by atoms with Crippen molar-refractivity contribution in [1.82, 2.24) is 20.0 Å². The number of aryl methyl sites for hydroxylation is 1. The molecule has 0 atom stereocenters. The van der Waals surface area contributed by atoms with Crippen LogP contribution in [0, 0.1) is 0 Å². The Balaban J connectivity index is 2.14. The predicted molar refractivity (Wildman–Crippen MR) is 92.2 cm³/mol. The summed E-state index contributed by atoms with van der Waals surface area (Å²) in [6, 6.07) is 8.56. The third-order valence-electron chi connectivity index (χ3n) is 3.82. The second kappa shape index (κ2) is 6.56. The van der Waals surface area contributed by atoms with Crippen molar-refractivity contribution in [2.45, 2.75) is 24.7 Å². The van der Waals surface area contributed by atoms with Gasteiger partial charge in [-0.05, 0) is 30.7 Å². The van der Waals surface area contributed by atoms with Crippen LogP contribution in [0.15, 0.2) is 47.6 Å². The van der Waals surface area contributed by atoms with Crippen LogP contribution in [-0.2, 0) is 17.1 Å². The van der Waals surface area contributed by atoms with Crippen molar-refractivity contribution in [3.05, 3.63) is 42.7 Å². The molecule has 2 aromatic heterocycles. The Morgan fingerprint density at radius 1 is 1.21 bits per heavy atom. The van der Waals surface area contributed by atoms with Gasteiger partial charge in [0.1, 0.15) is 10.4 Å². The van der Waals surface area contributed by atoms with Gasteiger partial charge in [0.05, 0.1) is 17.4 Å². The van der Waals surface area contributed by atoms with Crippen LogP contribution in [0.5, 0.6) is 0 Å². The molecule has 1 aromatic carbocycles. The van der Waals surface area contributed by atoms with Gasteiger partial charge >= 0.3 is 0 Å². The third-order valence-corrected chi connectivity index (χ3v) is 5.68. The lowest BCUT2D eigenvalue weighted by atomic mass is 10.3. The summed E-state index contributed by atoms with van der Waals surface area (Å²) in [4.78, 5) is 4.21. The molecule has 3 aromatic rings. The summed E-state index contributed by atoms with van der Waals surface area (Å²) in [5.41, 5.74) is 1.61. The number of unbranched alkanes of at least 4 members (excludes halogenated alkanes) is 1. The van der Waals surface area contributed by atoms with Gasteiger partial charge in [-0.25, -0.2) is 13.1 Å². The summed E-state index contributed by atoms with van der Waals surface area (Å²) >= 11 is 0. The molecule has 2 heterocycles. The van der Waals surface area contributed by atoms with E-state index in [4.69, 9.17) is 0 Å². The number of hydrogen-bond acceptors (Lipinski definition) is 5. The topological polar surface area (TPSA) is 81.0 Å². The van der Waals surface area contributed by atoms with E-state index in [1.54, 1.807) is 54.5 Å². The van der Waals surface area contributed by atoms with Crippen LogP contribution in [0.1, 0.15) is 19.8 Å². The van der Waals surface area contributed by atoms with E-state index in [-0.39, 0.29) is 4.90 Å². The highest BCUT2D eigenvalue weighted by atomic mass is 32.2. The number of fused-ring (bicyclic) bond motifs is 1. The van der Waals surface area contributed by atoms with Gasteiger partial charge in [-0.3, -0.25) is 9.29 Å². The first-order valence-corrected chi connectivity index (χ1v) is 9.21. The van der Waals surface area contributed by atoms with Crippen LogP contribution < -0.4 is 4.31 Å². The summed E-state index contributed by atoms with van der Waals surface area (Å²) < 4.78 is 29.5. The molecule has 126 valence electrons. The van der Waals surface area contributed by atoms with Crippen molar-refractivity contribution in [3.8, 4) is 0 Å². The van der Waals surface area contributed by atoms with Gasteiger partial charge in [0.25, 0.3) is 10.0 Å². The Labute approximate surface area is 141 Å². The quantitative estimate of drug-likeness (QED) is 0.685. The molecule has 0 aliphatic heterocycles. The van der Waals surface area contributed by atoms with Gasteiger partial charge in [0.15, 0.2) is 0 Å². The van der Waals surface area contributed by atoms with Crippen LogP contribution in [0.3, 0.4) is 0 Å². The maximum Gasteiger partial charge on any atom is 0.266 e. The van der Waals surface area contributed by atoms with Crippen molar-refractivity contribution < 1.29 is 8.42 Å². The minimum Gasteiger partial charge on any atom is -0.265 e. The molecule has 0 N–H and O–H groups in total. The lowest BCUT2D eigenvalue weighted by Crippen LogP contribution is -2.32. The molecule has 24 heavy (non-hydrogen) atoms. The van der Waals surface area contributed by atoms with E-state index in [0.29, 0.717) is 23.3 Å². The molecule has 8 heteroatoms. The molecule has 0 saturated carbocycles. The van der Waals surface area contributed by atoms with E-state index >= 15 is 0 Å². The van der Waals surface area contributed by atoms with Gasteiger partial charge in [0.2, 0.25) is 0 Å². The molecular weight excluding hydrogens is 326 g/mol. The van der Waals surface area contributed by atoms with Crippen LogP contribution in [-0.4, -0.2) is 34.9 Å². The highest BCUT2D eigenvalue weighted by Gasteiger charge is 2.28. The maximum absolute atomic E-state index is 13.3. The van der Waals surface area contributed by atoms with Crippen molar-refractivity contribution in [1.29, 1.82) is 0 Å². The van der Waals surface area contributed by atoms with E-state index in [1.165, 1.54) is 4.31 Å². The zero-order valence-corrected chi connectivity index (χ0v) is 14.4. The highest BCUT2D eigenvalue weighted by molar-refractivity contribution is 7.93. The average Bonchev–Trinajstić information content (AvgIpc) is 2.97. The lowest BCUT2D eigenvalue weighted by Gasteiger charge is -2.24. The number of sulfonamides is 1. The number of pyridine rings is 1. The zero-order chi connectivity index (χ0) is 17.2. The zero-order valence-electron chi connectivity index (χ0n) is 13.6. The summed E-state index contributed by atoms with van der Waals surface area (Å²) in [6.45, 7) is 2.42. The second-order valence-corrected chi connectivity index (χ2v) is 7.31. The van der Waals surface area contributed by atoms with Crippen LogP contribution in [0.2, 0.25) is 0 Å². The summed E-state index contributed by atoms with van der Waals surface area (Å²) in [7, 11) is -2.02. The minimum atomic E-state index is -3.76. The fraction of sp³-hybridized carbons (Fsp3) is 0.312. The van der Waals surface area contributed by atoms with Gasteiger partial charge in [-0.1, -0.05) is 24.6 Å². The van der Waals surface area contributed by atoms with Gasteiger partial charge < -0.3 is 0 Å². The summed E-state index contributed by atoms with van der Waals surface area (Å²) in [5.74, 6) is 0. The smallest absolute Gasteiger partial charge is 0.265 e. The van der Waals surface area contributed by atoms with E-state index in [1.807, 2.05) is 6.92 Å². The van der Waals surface area contributed by atoms with E-state index in [0.717, 1.165) is 12.8 Å². The first-order chi connectivity index (χ1) is 11.6. The Kier molecular flexibility index (Phi) is 4.48. The largest absolute Gasteiger partial charge is 0.266 e. The lowest BCUT2D eigenvalue weighted by molar-refractivity contribution is 0.589. The number of hydrogen-bond donors (Lipinski definition) is 0. The Morgan fingerprint density at radius 2 is 2.04 bits per heavy atom. The van der Waals surface area contributed by atoms with Crippen molar-refractivity contribution >= 4 is 26.7 Å². The number of nitrogens with zero attached hydrogens (tertiary/aromatic N) is 5. The highest BCUT2D eigenvalue weighted by Crippen LogP contribution is 2.27. The molecule has 0 fully saturated rings. The Morgan fingerprint density at radius 3 is 2.75 bits per heavy atom. The molecule has 0 radical (unpaired) electrons. The first-order valence-electron chi connectivity index (χ1n) is 7.77. The molecule has 3 rings (SSSR count). The fourth-order valence-corrected chi connectivity index (χ4v) is 4.18. The molecule has 0 aliphatic rings. The van der Waals surface area contributed by atoms with Crippen molar-refractivity contribution in [2.24, 2.45) is 7.05 Å². The first kappa shape index (κ1) is 16.4. The van der Waals surface area contributed by atoms with Crippen molar-refractivity contribution in [2.75, 3.05) is 10.8 Å². The van der Waals surface area contributed by atoms with Gasteiger partial charge in [0, 0.05) is 19.8 Å². The molecule has 0 bridgehead atoms. The predicted octanol–water partition coefficient (Wildman–Crippen LogP) is 2.36. The van der Waals surface area contributed by atoms with E-state index in [2.05, 4.69) is 15.3 Å². The SMILES string of the molecule is CCCCN(c1cccnc1)S(=O)(=O)c1cccc2c1nnn2C. The van der Waals surface area contributed by atoms with Crippen LogP contribution >= 0.6 is 0 Å². The third kappa shape index (κ3) is 2.84. The van der Waals surface area contributed by atoms with E-state index in [9.17, 15) is 8.42 Å². The van der Waals surface area contributed by atoms with Crippen LogP contribution in [0.25, 0.3) is 11.0 Å². The summed E-state index contributed by atoms with van der Waals surface area (Å²) in [5, 5.41) is 7.97. The molecule has 0 spiro atoms. The fourth-order valence-electron chi connectivity index (χ4n) is 2.55. The standard InChI is InChI=1S/C16H19N5O2S/c1-3-4-11-21(13-7-6-10-17-12-13)24(22,23)15-9-5-8-14-16(15)18-19-20(14)2/h5-10,12H,3-4,11H2,1-2H3. The average molecular weight is 345 g/mol. The monoisotopic (exact) mass is 345 g/mol. The minimum absolute atomic E-state index is 0.160. The van der Waals surface area contributed by atoms with Crippen molar-refractivity contribution in [3.63, 3.8) is 0 Å². The number of anilines is 1. The van der Waals surface area contributed by atoms with Crippen LogP contribution in [0.4, 0.5) is 5.69 Å².